The third kappa shape index (κ3) is 2.64. The molecule has 4 heteroatoms. The summed E-state index contributed by atoms with van der Waals surface area (Å²) >= 11 is 5.65. The highest BCUT2D eigenvalue weighted by Crippen LogP contribution is 2.22. The second kappa shape index (κ2) is 4.33. The number of hydrogen-bond acceptors (Lipinski definition) is 2. The first-order chi connectivity index (χ1) is 8.98. The molecule has 0 aliphatic rings. The maximum Gasteiger partial charge on any atom is 0.344 e. The van der Waals surface area contributed by atoms with Gasteiger partial charge in [0.15, 0.2) is 6.10 Å². The summed E-state index contributed by atoms with van der Waals surface area (Å²) in [5, 5.41) is 8.29. The summed E-state index contributed by atoms with van der Waals surface area (Å²) in [5.41, 5.74) is -0.670. The van der Waals surface area contributed by atoms with Crippen molar-refractivity contribution in [2.45, 2.75) is 19.9 Å². The van der Waals surface area contributed by atoms with Gasteiger partial charge < -0.3 is 9.84 Å². The van der Waals surface area contributed by atoms with Crippen LogP contribution in [0.1, 0.15) is 20.7 Å². The number of aliphatic carboxylic acids is 1. The quantitative estimate of drug-likeness (QED) is 0.852. The van der Waals surface area contributed by atoms with Gasteiger partial charge in [-0.25, -0.2) is 4.79 Å². The van der Waals surface area contributed by atoms with Crippen molar-refractivity contribution in [2.75, 3.05) is 0 Å². The van der Waals surface area contributed by atoms with E-state index in [4.69, 9.17) is 29.7 Å². The Morgan fingerprint density at radius 3 is 3.07 bits per heavy atom. The summed E-state index contributed by atoms with van der Waals surface area (Å²) in [7, 11) is 0. The first-order valence-corrected chi connectivity index (χ1v) is 4.05. The van der Waals surface area contributed by atoms with Crippen molar-refractivity contribution in [1.29, 1.82) is 0 Å². The van der Waals surface area contributed by atoms with Gasteiger partial charge in [0.05, 0.1) is 4.11 Å². The van der Waals surface area contributed by atoms with Gasteiger partial charge in [-0.1, -0.05) is 11.6 Å². The highest BCUT2D eigenvalue weighted by atomic mass is 35.5. The van der Waals surface area contributed by atoms with E-state index in [1.165, 1.54) is 0 Å². The predicted octanol–water partition coefficient (Wildman–Crippen LogP) is 2.50. The second-order valence-corrected chi connectivity index (χ2v) is 2.87. The van der Waals surface area contributed by atoms with Crippen LogP contribution in [-0.2, 0) is 4.79 Å². The molecule has 1 aromatic rings. The maximum atomic E-state index is 10.8. The molecule has 0 fully saturated rings. The number of rotatable bonds is 3. The van der Waals surface area contributed by atoms with Gasteiger partial charge in [-0.05, 0) is 37.5 Å². The zero-order valence-corrected chi connectivity index (χ0v) is 7.97. The zero-order valence-electron chi connectivity index (χ0n) is 13.2. The van der Waals surface area contributed by atoms with Gasteiger partial charge in [-0.2, -0.15) is 0 Å². The van der Waals surface area contributed by atoms with Crippen LogP contribution in [-0.4, -0.2) is 17.2 Å². The largest absolute Gasteiger partial charge is 0.479 e. The minimum absolute atomic E-state index is 0.489. The molecule has 0 aliphatic carbocycles. The first kappa shape index (κ1) is 5.03. The summed E-state index contributed by atoms with van der Waals surface area (Å²) in [6, 6.07) is -1.91. The lowest BCUT2D eigenvalue weighted by atomic mass is 10.2. The minimum Gasteiger partial charge on any atom is -0.479 e. The van der Waals surface area contributed by atoms with Crippen molar-refractivity contribution >= 4 is 17.6 Å². The van der Waals surface area contributed by atoms with Gasteiger partial charge in [0.25, 0.3) is 0 Å². The molecular weight excluding hydrogens is 204 g/mol. The van der Waals surface area contributed by atoms with Crippen LogP contribution in [0.2, 0.25) is 5.02 Å². The highest BCUT2D eigenvalue weighted by molar-refractivity contribution is 6.30. The number of benzene rings is 1. The second-order valence-electron chi connectivity index (χ2n) is 2.49. The lowest BCUT2D eigenvalue weighted by Crippen LogP contribution is -2.23. The minimum atomic E-state index is -2.82. The standard InChI is InChI=1S/C10H11ClO3/c1-6-5-8(11)3-4-9(6)14-7(2)10(12)13/h3-5,7H,1-2H3,(H,12,13)/i1D3,3D,4D,5D. The predicted molar refractivity (Wildman–Crippen MR) is 53.9 cm³/mol. The summed E-state index contributed by atoms with van der Waals surface area (Å²) in [6.07, 6.45) is -1.43. The fraction of sp³-hybridized carbons (Fsp3) is 0.300. The Bertz CT molecular complexity index is 557. The average Bonchev–Trinajstić information content (AvgIpc) is 2.31. The van der Waals surface area contributed by atoms with Crippen molar-refractivity contribution in [3.8, 4) is 5.75 Å². The van der Waals surface area contributed by atoms with E-state index in [0.29, 0.717) is 0 Å². The van der Waals surface area contributed by atoms with Gasteiger partial charge in [-0.3, -0.25) is 0 Å². The van der Waals surface area contributed by atoms with Crippen molar-refractivity contribution < 1.29 is 22.9 Å². The van der Waals surface area contributed by atoms with Crippen LogP contribution in [0.15, 0.2) is 18.1 Å². The van der Waals surface area contributed by atoms with E-state index in [0.717, 1.165) is 6.92 Å². The van der Waals surface area contributed by atoms with Crippen LogP contribution in [0.3, 0.4) is 0 Å². The lowest BCUT2D eigenvalue weighted by molar-refractivity contribution is -0.144. The summed E-state index contributed by atoms with van der Waals surface area (Å²) in [4.78, 5) is 10.8. The van der Waals surface area contributed by atoms with E-state index >= 15 is 0 Å². The lowest BCUT2D eigenvalue weighted by Gasteiger charge is -2.12. The van der Waals surface area contributed by atoms with Crippen molar-refractivity contribution in [1.82, 2.24) is 0 Å². The van der Waals surface area contributed by atoms with E-state index in [9.17, 15) is 4.79 Å². The molecule has 1 rings (SSSR count). The van der Waals surface area contributed by atoms with Crippen molar-refractivity contribution in [3.05, 3.63) is 28.7 Å². The number of carboxylic acids is 1. The summed E-state index contributed by atoms with van der Waals surface area (Å²) in [5.74, 6) is -1.99. The molecular formula is C10H11ClO3. The third-order valence-electron chi connectivity index (χ3n) is 1.39. The highest BCUT2D eigenvalue weighted by Gasteiger charge is 2.13. The Hall–Kier alpha value is -1.22. The fourth-order valence-electron chi connectivity index (χ4n) is 0.687. The molecule has 0 aromatic heterocycles. The molecule has 0 saturated heterocycles. The molecule has 1 unspecified atom stereocenters. The third-order valence-corrected chi connectivity index (χ3v) is 1.58. The number of carboxylic acid groups (broad SMARTS) is 1. The van der Waals surface area contributed by atoms with Crippen LogP contribution in [0.5, 0.6) is 5.75 Å². The molecule has 1 N–H and O–H groups in total. The molecule has 1 atom stereocenters. The molecule has 0 spiro atoms. The normalized spacial score (nSPS) is 19.3. The molecule has 1 aromatic carbocycles. The number of halogens is 1. The molecule has 0 heterocycles. The molecule has 0 radical (unpaired) electrons. The monoisotopic (exact) mass is 220 g/mol. The van der Waals surface area contributed by atoms with Crippen LogP contribution >= 0.6 is 11.6 Å². The van der Waals surface area contributed by atoms with Crippen LogP contribution < -0.4 is 4.74 Å². The van der Waals surface area contributed by atoms with E-state index in [2.05, 4.69) is 0 Å². The van der Waals surface area contributed by atoms with Gasteiger partial charge >= 0.3 is 5.97 Å². The van der Waals surface area contributed by atoms with Crippen LogP contribution in [0.4, 0.5) is 0 Å². The van der Waals surface area contributed by atoms with Gasteiger partial charge in [-0.15, -0.1) is 0 Å². The van der Waals surface area contributed by atoms with E-state index in [1.54, 1.807) is 0 Å². The Balaban J connectivity index is 3.59. The molecule has 76 valence electrons. The van der Waals surface area contributed by atoms with Gasteiger partial charge in [0.1, 0.15) is 5.75 Å². The summed E-state index contributed by atoms with van der Waals surface area (Å²) in [6.45, 7) is -1.68. The Kier molecular flexibility index (Phi) is 1.56. The molecule has 14 heavy (non-hydrogen) atoms. The molecule has 0 saturated carbocycles. The van der Waals surface area contributed by atoms with Crippen molar-refractivity contribution in [3.63, 3.8) is 0 Å². The average molecular weight is 221 g/mol. The molecule has 0 amide bonds. The fourth-order valence-corrected chi connectivity index (χ4v) is 0.829. The zero-order chi connectivity index (χ0) is 15.8. The van der Waals surface area contributed by atoms with Crippen molar-refractivity contribution in [2.24, 2.45) is 0 Å². The van der Waals surface area contributed by atoms with Gasteiger partial charge in [0, 0.05) is 9.13 Å². The van der Waals surface area contributed by atoms with E-state index < -0.39 is 53.4 Å². The molecule has 3 nitrogen and oxygen atoms in total. The van der Waals surface area contributed by atoms with Crippen LogP contribution in [0, 0.1) is 6.85 Å². The SMILES string of the molecule is [2H]c1c([2H])c(OC(C)C(=O)O)c(C([2H])([2H])[2H])c([2H])c1Cl. The Morgan fingerprint density at radius 2 is 2.50 bits per heavy atom. The van der Waals surface area contributed by atoms with Gasteiger partial charge in [0.2, 0.25) is 0 Å². The number of hydrogen-bond donors (Lipinski definition) is 1. The summed E-state index contributed by atoms with van der Waals surface area (Å²) < 4.78 is 49.8. The smallest absolute Gasteiger partial charge is 0.344 e. The maximum absolute atomic E-state index is 10.8. The van der Waals surface area contributed by atoms with E-state index in [1.807, 2.05) is 0 Å². The number of ether oxygens (including phenoxy) is 1. The molecule has 0 bridgehead atoms. The van der Waals surface area contributed by atoms with E-state index in [-0.39, 0.29) is 0 Å². The topological polar surface area (TPSA) is 46.5 Å². The number of carbonyl (C=O) groups is 1. The van der Waals surface area contributed by atoms with Crippen LogP contribution in [0.25, 0.3) is 0 Å². The Morgan fingerprint density at radius 1 is 1.79 bits per heavy atom. The Labute approximate surface area is 95.7 Å². The molecule has 0 aliphatic heterocycles. The first-order valence-electron chi connectivity index (χ1n) is 6.67.